The van der Waals surface area contributed by atoms with E-state index in [1.54, 1.807) is 12.3 Å². The van der Waals surface area contributed by atoms with Crippen LogP contribution in [0.3, 0.4) is 0 Å². The van der Waals surface area contributed by atoms with E-state index >= 15 is 0 Å². The van der Waals surface area contributed by atoms with Crippen molar-refractivity contribution in [3.05, 3.63) is 71.7 Å². The summed E-state index contributed by atoms with van der Waals surface area (Å²) in [6, 6.07) is 11.5. The largest absolute Gasteiger partial charge is 0.366 e. The molecule has 1 amide bonds. The fraction of sp³-hybridized carbons (Fsp3) is 0.0667. The maximum absolute atomic E-state index is 11.2. The monoisotopic (exact) mass is 251 g/mol. The number of carbonyl (C=O) groups excluding carboxylic acids is 1. The number of amides is 1. The van der Waals surface area contributed by atoms with Crippen molar-refractivity contribution in [2.75, 3.05) is 0 Å². The minimum absolute atomic E-state index is 0.398. The van der Waals surface area contributed by atoms with E-state index in [-0.39, 0.29) is 0 Å². The van der Waals surface area contributed by atoms with Crippen LogP contribution in [0.4, 0.5) is 0 Å². The first-order chi connectivity index (χ1) is 9.22. The molecule has 1 aromatic carbocycles. The van der Waals surface area contributed by atoms with Crippen molar-refractivity contribution in [1.82, 2.24) is 9.38 Å². The van der Waals surface area contributed by atoms with Gasteiger partial charge in [0.05, 0.1) is 0 Å². The molecular formula is C15H13N3O. The van der Waals surface area contributed by atoms with E-state index in [9.17, 15) is 4.79 Å². The van der Waals surface area contributed by atoms with Crippen LogP contribution in [0.1, 0.15) is 21.5 Å². The van der Waals surface area contributed by atoms with Gasteiger partial charge in [0.25, 0.3) is 0 Å². The zero-order valence-electron chi connectivity index (χ0n) is 10.3. The van der Waals surface area contributed by atoms with Crippen LogP contribution in [0, 0.1) is 0 Å². The molecule has 0 aliphatic heterocycles. The first kappa shape index (κ1) is 11.5. The maximum atomic E-state index is 11.2. The van der Waals surface area contributed by atoms with E-state index in [1.807, 2.05) is 47.1 Å². The number of primary amides is 1. The lowest BCUT2D eigenvalue weighted by molar-refractivity contribution is 0.1000. The van der Waals surface area contributed by atoms with Crippen LogP contribution in [0.25, 0.3) is 5.65 Å². The van der Waals surface area contributed by atoms with Gasteiger partial charge in [-0.1, -0.05) is 12.1 Å². The van der Waals surface area contributed by atoms with Gasteiger partial charge in [-0.05, 0) is 41.8 Å². The predicted octanol–water partition coefficient (Wildman–Crippen LogP) is 2.02. The van der Waals surface area contributed by atoms with Crippen molar-refractivity contribution < 1.29 is 4.79 Å². The highest BCUT2D eigenvalue weighted by Gasteiger charge is 2.03. The zero-order valence-corrected chi connectivity index (χ0v) is 10.3. The lowest BCUT2D eigenvalue weighted by Crippen LogP contribution is -2.11. The molecule has 0 unspecified atom stereocenters. The molecule has 0 aliphatic carbocycles. The van der Waals surface area contributed by atoms with Crippen LogP contribution in [0.2, 0.25) is 0 Å². The van der Waals surface area contributed by atoms with E-state index in [0.717, 1.165) is 23.2 Å². The van der Waals surface area contributed by atoms with Gasteiger partial charge < -0.3 is 10.1 Å². The molecule has 2 N–H and O–H groups in total. The van der Waals surface area contributed by atoms with Gasteiger partial charge in [-0.3, -0.25) is 4.79 Å². The van der Waals surface area contributed by atoms with Gasteiger partial charge in [0.1, 0.15) is 5.65 Å². The molecule has 94 valence electrons. The van der Waals surface area contributed by atoms with Gasteiger partial charge in [0.15, 0.2) is 0 Å². The Kier molecular flexibility index (Phi) is 2.76. The first-order valence-corrected chi connectivity index (χ1v) is 6.03. The molecule has 0 fully saturated rings. The van der Waals surface area contributed by atoms with E-state index in [2.05, 4.69) is 4.98 Å². The fourth-order valence-corrected chi connectivity index (χ4v) is 2.13. The molecule has 3 aromatic rings. The predicted molar refractivity (Wildman–Crippen MR) is 73.0 cm³/mol. The van der Waals surface area contributed by atoms with Gasteiger partial charge >= 0.3 is 0 Å². The van der Waals surface area contributed by atoms with Crippen molar-refractivity contribution in [2.24, 2.45) is 5.73 Å². The third kappa shape index (κ3) is 2.33. The highest BCUT2D eigenvalue weighted by Crippen LogP contribution is 2.13. The van der Waals surface area contributed by atoms with Crippen LogP contribution in [0.15, 0.2) is 55.0 Å². The summed E-state index contributed by atoms with van der Waals surface area (Å²) in [4.78, 5) is 15.4. The number of benzene rings is 1. The van der Waals surface area contributed by atoms with Gasteiger partial charge in [-0.2, -0.15) is 0 Å². The van der Waals surface area contributed by atoms with Crippen LogP contribution in [-0.4, -0.2) is 15.3 Å². The topological polar surface area (TPSA) is 60.4 Å². The van der Waals surface area contributed by atoms with Crippen molar-refractivity contribution in [3.63, 3.8) is 0 Å². The number of hydrogen-bond acceptors (Lipinski definition) is 2. The lowest BCUT2D eigenvalue weighted by Gasteiger charge is -2.04. The van der Waals surface area contributed by atoms with Crippen LogP contribution < -0.4 is 5.73 Å². The lowest BCUT2D eigenvalue weighted by atomic mass is 10.0. The molecule has 0 saturated heterocycles. The first-order valence-electron chi connectivity index (χ1n) is 6.03. The number of nitrogens with zero attached hydrogens (tertiary/aromatic N) is 2. The van der Waals surface area contributed by atoms with Crippen molar-refractivity contribution >= 4 is 11.6 Å². The highest BCUT2D eigenvalue weighted by molar-refractivity contribution is 5.92. The number of imidazole rings is 1. The van der Waals surface area contributed by atoms with E-state index in [1.165, 1.54) is 0 Å². The molecule has 19 heavy (non-hydrogen) atoms. The fourth-order valence-electron chi connectivity index (χ4n) is 2.13. The van der Waals surface area contributed by atoms with E-state index in [0.29, 0.717) is 5.56 Å². The molecule has 0 aliphatic rings. The standard InChI is InChI=1S/C15H13N3O/c16-15(19)13-3-1-2-11(9-13)8-12-4-6-18-7-5-17-14(18)10-12/h1-7,9-10H,8H2,(H2,16,19). The second kappa shape index (κ2) is 4.57. The summed E-state index contributed by atoms with van der Waals surface area (Å²) in [5.41, 5.74) is 8.96. The van der Waals surface area contributed by atoms with Gasteiger partial charge in [-0.25, -0.2) is 4.98 Å². The summed E-state index contributed by atoms with van der Waals surface area (Å²) in [5, 5.41) is 0. The van der Waals surface area contributed by atoms with Crippen LogP contribution in [0.5, 0.6) is 0 Å². The Morgan fingerprint density at radius 1 is 1.16 bits per heavy atom. The van der Waals surface area contributed by atoms with Gasteiger partial charge in [0, 0.05) is 24.2 Å². The Labute approximate surface area is 110 Å². The van der Waals surface area contributed by atoms with E-state index < -0.39 is 5.91 Å². The molecule has 2 heterocycles. The summed E-state index contributed by atoms with van der Waals surface area (Å²) in [6.07, 6.45) is 6.42. The zero-order chi connectivity index (χ0) is 13.2. The number of fused-ring (bicyclic) bond motifs is 1. The Balaban J connectivity index is 1.91. The molecule has 0 saturated carbocycles. The van der Waals surface area contributed by atoms with Crippen molar-refractivity contribution in [3.8, 4) is 0 Å². The molecule has 0 bridgehead atoms. The number of pyridine rings is 1. The number of hydrogen-bond donors (Lipinski definition) is 1. The van der Waals surface area contributed by atoms with Gasteiger partial charge in [0.2, 0.25) is 5.91 Å². The maximum Gasteiger partial charge on any atom is 0.248 e. The Hall–Kier alpha value is -2.62. The minimum atomic E-state index is -0.398. The molecule has 3 rings (SSSR count). The molecular weight excluding hydrogens is 238 g/mol. The molecule has 0 radical (unpaired) electrons. The quantitative estimate of drug-likeness (QED) is 0.774. The second-order valence-electron chi connectivity index (χ2n) is 4.47. The number of aromatic nitrogens is 2. The smallest absolute Gasteiger partial charge is 0.248 e. The second-order valence-corrected chi connectivity index (χ2v) is 4.47. The highest BCUT2D eigenvalue weighted by atomic mass is 16.1. The summed E-state index contributed by atoms with van der Waals surface area (Å²) in [7, 11) is 0. The normalized spacial score (nSPS) is 10.7. The minimum Gasteiger partial charge on any atom is -0.366 e. The molecule has 0 atom stereocenters. The Morgan fingerprint density at radius 3 is 2.84 bits per heavy atom. The summed E-state index contributed by atoms with van der Waals surface area (Å²) in [5.74, 6) is -0.398. The van der Waals surface area contributed by atoms with Crippen molar-refractivity contribution in [2.45, 2.75) is 6.42 Å². The Bertz CT molecular complexity index is 746. The van der Waals surface area contributed by atoms with E-state index in [4.69, 9.17) is 5.73 Å². The van der Waals surface area contributed by atoms with Gasteiger partial charge in [-0.15, -0.1) is 0 Å². The summed E-state index contributed by atoms with van der Waals surface area (Å²) in [6.45, 7) is 0. The molecule has 4 heteroatoms. The van der Waals surface area contributed by atoms with Crippen molar-refractivity contribution in [1.29, 1.82) is 0 Å². The molecule has 0 spiro atoms. The average molecular weight is 251 g/mol. The van der Waals surface area contributed by atoms with Crippen LogP contribution in [-0.2, 0) is 6.42 Å². The Morgan fingerprint density at radius 2 is 2.00 bits per heavy atom. The number of nitrogens with two attached hydrogens (primary N) is 1. The summed E-state index contributed by atoms with van der Waals surface area (Å²) >= 11 is 0. The van der Waals surface area contributed by atoms with Crippen LogP contribution >= 0.6 is 0 Å². The molecule has 4 nitrogen and oxygen atoms in total. The third-order valence-corrected chi connectivity index (χ3v) is 3.08. The number of carbonyl (C=O) groups is 1. The third-order valence-electron chi connectivity index (χ3n) is 3.08. The molecule has 2 aromatic heterocycles. The SMILES string of the molecule is NC(=O)c1cccc(Cc2ccn3ccnc3c2)c1. The average Bonchev–Trinajstić information content (AvgIpc) is 2.86. The summed E-state index contributed by atoms with van der Waals surface area (Å²) < 4.78 is 1.96. The number of rotatable bonds is 3.